The van der Waals surface area contributed by atoms with Crippen molar-refractivity contribution in [2.45, 2.75) is 91.1 Å². The van der Waals surface area contributed by atoms with Gasteiger partial charge in [-0.3, -0.25) is 4.79 Å². The van der Waals surface area contributed by atoms with Gasteiger partial charge < -0.3 is 19.2 Å². The number of carbonyl (C=O) groups is 1. The van der Waals surface area contributed by atoms with E-state index in [0.717, 1.165) is 16.8 Å². The molecule has 43 heavy (non-hydrogen) atoms. The van der Waals surface area contributed by atoms with E-state index in [4.69, 9.17) is 13.9 Å². The van der Waals surface area contributed by atoms with E-state index in [9.17, 15) is 4.79 Å². The molecule has 4 heterocycles. The Morgan fingerprint density at radius 1 is 0.953 bits per heavy atom. The SMILES string of the molecule is Cc1ccc(NC(=O)C(CO[C@H](C)CO[Si](C(C)C)(C(C)C)C(C)C)Oc2ncnc3c2cnn3-c2cscc2C)nc1. The van der Waals surface area contributed by atoms with Gasteiger partial charge in [-0.1, -0.05) is 47.6 Å². The van der Waals surface area contributed by atoms with Crippen LogP contribution in [0.3, 0.4) is 0 Å². The number of nitrogens with zero attached hydrogens (tertiary/aromatic N) is 5. The molecule has 0 fully saturated rings. The molecule has 2 atom stereocenters. The highest BCUT2D eigenvalue weighted by atomic mass is 32.1. The molecule has 0 saturated heterocycles. The van der Waals surface area contributed by atoms with Gasteiger partial charge >= 0.3 is 0 Å². The van der Waals surface area contributed by atoms with Gasteiger partial charge in [-0.15, -0.1) is 11.3 Å². The van der Waals surface area contributed by atoms with E-state index in [-0.39, 0.29) is 18.6 Å². The molecule has 4 aromatic rings. The van der Waals surface area contributed by atoms with Crippen LogP contribution in [0.2, 0.25) is 16.6 Å². The molecule has 0 spiro atoms. The molecular formula is C31H44N6O4SSi. The minimum absolute atomic E-state index is 0.00884. The molecule has 0 radical (unpaired) electrons. The summed E-state index contributed by atoms with van der Waals surface area (Å²) in [7, 11) is -2.06. The van der Waals surface area contributed by atoms with Crippen LogP contribution in [-0.4, -0.2) is 64.4 Å². The van der Waals surface area contributed by atoms with Crippen molar-refractivity contribution < 1.29 is 18.7 Å². The fraction of sp³-hybridized carbons (Fsp3) is 0.516. The summed E-state index contributed by atoms with van der Waals surface area (Å²) in [5.74, 6) is 0.280. The predicted octanol–water partition coefficient (Wildman–Crippen LogP) is 6.87. The number of amides is 1. The van der Waals surface area contributed by atoms with E-state index in [2.05, 4.69) is 72.3 Å². The van der Waals surface area contributed by atoms with Crippen LogP contribution in [0.5, 0.6) is 5.88 Å². The number of aromatic nitrogens is 5. The lowest BCUT2D eigenvalue weighted by molar-refractivity contribution is -0.127. The van der Waals surface area contributed by atoms with Crippen molar-refractivity contribution in [1.29, 1.82) is 0 Å². The summed E-state index contributed by atoms with van der Waals surface area (Å²) in [6.45, 7) is 19.9. The molecule has 0 aliphatic heterocycles. The van der Waals surface area contributed by atoms with E-state index in [1.165, 1.54) is 6.33 Å². The second kappa shape index (κ2) is 14.1. The summed E-state index contributed by atoms with van der Waals surface area (Å²) < 4.78 is 21.0. The molecule has 0 bridgehead atoms. The lowest BCUT2D eigenvalue weighted by atomic mass is 10.3. The number of pyridine rings is 1. The van der Waals surface area contributed by atoms with Gasteiger partial charge in [0.05, 0.1) is 31.2 Å². The summed E-state index contributed by atoms with van der Waals surface area (Å²) in [4.78, 5) is 26.7. The van der Waals surface area contributed by atoms with Crippen molar-refractivity contribution in [3.05, 3.63) is 52.7 Å². The maximum Gasteiger partial charge on any atom is 0.269 e. The zero-order chi connectivity index (χ0) is 31.3. The summed E-state index contributed by atoms with van der Waals surface area (Å²) in [5.41, 5.74) is 4.99. The third kappa shape index (κ3) is 7.31. The van der Waals surface area contributed by atoms with Gasteiger partial charge in [0.2, 0.25) is 12.0 Å². The number of fused-ring (bicyclic) bond motifs is 1. The third-order valence-corrected chi connectivity index (χ3v) is 14.8. The first kappa shape index (κ1) is 32.7. The topological polar surface area (TPSA) is 113 Å². The second-order valence-electron chi connectivity index (χ2n) is 12.0. The summed E-state index contributed by atoms with van der Waals surface area (Å²) in [6.07, 6.45) is 3.50. The summed E-state index contributed by atoms with van der Waals surface area (Å²) in [6, 6.07) is 3.64. The number of rotatable bonds is 14. The number of anilines is 1. The van der Waals surface area contributed by atoms with Crippen LogP contribution in [0.1, 0.15) is 59.6 Å². The van der Waals surface area contributed by atoms with E-state index < -0.39 is 20.3 Å². The first-order valence-corrected chi connectivity index (χ1v) is 17.9. The number of aryl methyl sites for hydroxylation is 2. The Morgan fingerprint density at radius 3 is 2.28 bits per heavy atom. The molecule has 4 rings (SSSR count). The number of thiophene rings is 1. The van der Waals surface area contributed by atoms with Crippen LogP contribution in [0.25, 0.3) is 16.7 Å². The molecule has 4 aromatic heterocycles. The van der Waals surface area contributed by atoms with Gasteiger partial charge in [-0.05, 0) is 60.0 Å². The van der Waals surface area contributed by atoms with Crippen molar-refractivity contribution in [2.75, 3.05) is 18.5 Å². The van der Waals surface area contributed by atoms with Crippen molar-refractivity contribution in [2.24, 2.45) is 0 Å². The Kier molecular flexibility index (Phi) is 10.7. The molecule has 0 aliphatic carbocycles. The van der Waals surface area contributed by atoms with Crippen molar-refractivity contribution in [3.8, 4) is 11.6 Å². The van der Waals surface area contributed by atoms with Gasteiger partial charge in [0.25, 0.3) is 5.91 Å². The van der Waals surface area contributed by atoms with Crippen LogP contribution in [-0.2, 0) is 14.0 Å². The average molecular weight is 625 g/mol. The molecule has 232 valence electrons. The van der Waals surface area contributed by atoms with Gasteiger partial charge in [-0.2, -0.15) is 5.10 Å². The zero-order valence-corrected chi connectivity index (χ0v) is 28.4. The molecule has 1 unspecified atom stereocenters. The fourth-order valence-corrected chi connectivity index (χ4v) is 12.1. The van der Waals surface area contributed by atoms with Crippen molar-refractivity contribution in [1.82, 2.24) is 24.7 Å². The molecule has 12 heteroatoms. The van der Waals surface area contributed by atoms with Gasteiger partial charge in [0.1, 0.15) is 17.5 Å². The maximum absolute atomic E-state index is 13.5. The minimum Gasteiger partial charge on any atom is -0.461 e. The predicted molar refractivity (Wildman–Crippen MR) is 174 cm³/mol. The van der Waals surface area contributed by atoms with Gasteiger partial charge in [0.15, 0.2) is 14.0 Å². The Morgan fingerprint density at radius 2 is 1.67 bits per heavy atom. The van der Waals surface area contributed by atoms with Crippen molar-refractivity contribution >= 4 is 42.4 Å². The Hall–Kier alpha value is -3.19. The van der Waals surface area contributed by atoms with Crippen LogP contribution in [0.15, 0.2) is 41.6 Å². The standard InChI is InChI=1S/C31H44N6O4SSi/c1-19(2)43(20(3)4,21(5)6)40-14-24(9)39-15-27(30(38)36-28-11-10-22(7)12-32-28)41-31-25-13-35-37(29(25)33-18-34-31)26-17-42-16-23(26)8/h10-13,16-21,24,27H,14-15H2,1-9H3,(H,32,36,38)/t24-,27?/m1/s1. The molecule has 0 aromatic carbocycles. The molecule has 0 saturated carbocycles. The quantitative estimate of drug-likeness (QED) is 0.151. The Bertz CT molecular complexity index is 1480. The number of nitrogens with one attached hydrogen (secondary N) is 1. The fourth-order valence-electron chi connectivity index (χ4n) is 5.77. The smallest absolute Gasteiger partial charge is 0.269 e. The van der Waals surface area contributed by atoms with Crippen LogP contribution in [0.4, 0.5) is 5.82 Å². The lowest BCUT2D eigenvalue weighted by Crippen LogP contribution is -2.49. The van der Waals surface area contributed by atoms with Crippen molar-refractivity contribution in [3.63, 3.8) is 0 Å². The largest absolute Gasteiger partial charge is 0.461 e. The Labute approximate surface area is 259 Å². The number of carbonyl (C=O) groups excluding carboxylic acids is 1. The van der Waals surface area contributed by atoms with Gasteiger partial charge in [0, 0.05) is 11.6 Å². The Balaban J connectivity index is 1.54. The second-order valence-corrected chi connectivity index (χ2v) is 18.2. The number of hydrogen-bond acceptors (Lipinski definition) is 9. The highest BCUT2D eigenvalue weighted by Crippen LogP contribution is 2.42. The normalized spacial score (nSPS) is 13.7. The van der Waals surface area contributed by atoms with E-state index in [1.54, 1.807) is 34.5 Å². The third-order valence-electron chi connectivity index (χ3n) is 7.90. The summed E-state index contributed by atoms with van der Waals surface area (Å²) >= 11 is 1.59. The minimum atomic E-state index is -2.06. The van der Waals surface area contributed by atoms with Crippen LogP contribution < -0.4 is 10.1 Å². The lowest BCUT2D eigenvalue weighted by Gasteiger charge is -2.42. The molecule has 1 N–H and O–H groups in total. The van der Waals surface area contributed by atoms with Gasteiger partial charge in [-0.25, -0.2) is 19.6 Å². The summed E-state index contributed by atoms with van der Waals surface area (Å²) in [5, 5.41) is 12.1. The molecule has 0 aliphatic rings. The zero-order valence-electron chi connectivity index (χ0n) is 26.6. The number of ether oxygens (including phenoxy) is 2. The van der Waals surface area contributed by atoms with E-state index in [1.807, 2.05) is 32.2 Å². The highest BCUT2D eigenvalue weighted by Gasteiger charge is 2.45. The molecule has 1 amide bonds. The highest BCUT2D eigenvalue weighted by molar-refractivity contribution is 7.08. The molecule has 10 nitrogen and oxygen atoms in total. The first-order chi connectivity index (χ1) is 20.4. The van der Waals surface area contributed by atoms with E-state index in [0.29, 0.717) is 40.1 Å². The average Bonchev–Trinajstić information content (AvgIpc) is 3.58. The van der Waals surface area contributed by atoms with Crippen LogP contribution in [0, 0.1) is 13.8 Å². The van der Waals surface area contributed by atoms with E-state index >= 15 is 0 Å². The van der Waals surface area contributed by atoms with Crippen LogP contribution >= 0.6 is 11.3 Å². The first-order valence-electron chi connectivity index (χ1n) is 14.8. The maximum atomic E-state index is 13.5. The monoisotopic (exact) mass is 624 g/mol. The molecular weight excluding hydrogens is 581 g/mol. The number of hydrogen-bond donors (Lipinski definition) is 1.